The van der Waals surface area contributed by atoms with E-state index in [1.807, 2.05) is 37.4 Å². The Bertz CT molecular complexity index is 772. The van der Waals surface area contributed by atoms with E-state index in [-0.39, 0.29) is 23.0 Å². The van der Waals surface area contributed by atoms with E-state index in [4.69, 9.17) is 0 Å². The molecule has 27 heavy (non-hydrogen) atoms. The summed E-state index contributed by atoms with van der Waals surface area (Å²) in [5.74, 6) is -0.120. The summed E-state index contributed by atoms with van der Waals surface area (Å²) in [7, 11) is 1.59. The third-order valence-corrected chi connectivity index (χ3v) is 5.65. The second kappa shape index (κ2) is 9.83. The number of para-hydroxylation sites is 1. The predicted molar refractivity (Wildman–Crippen MR) is 114 cm³/mol. The van der Waals surface area contributed by atoms with Crippen LogP contribution in [-0.2, 0) is 16.0 Å². The Hall–Kier alpha value is -1.95. The van der Waals surface area contributed by atoms with E-state index < -0.39 is 6.04 Å². The van der Waals surface area contributed by atoms with E-state index in [0.717, 1.165) is 29.3 Å². The molecule has 0 saturated heterocycles. The number of likely N-dealkylation sites (N-methyl/N-ethyl adjacent to an activating group) is 1. The number of fused-ring (bicyclic) bond motifs is 1. The standard InChI is InChI=1S/C21H31N3O2S/c1-5-19(27)16(10-13(2)3)20(25)24-18(21(26)22-4)11-14-12-23-17-9-7-6-8-15(14)17/h6-9,12-13,16,18-19,23,27H,5,10-11H2,1-4H3,(H,22,26)(H,24,25)/t16-,18-,19+/m1/s1. The highest BCUT2D eigenvalue weighted by Crippen LogP contribution is 2.23. The topological polar surface area (TPSA) is 74.0 Å². The molecule has 0 saturated carbocycles. The van der Waals surface area contributed by atoms with Crippen molar-refractivity contribution in [2.24, 2.45) is 11.8 Å². The fraction of sp³-hybridized carbons (Fsp3) is 0.524. The molecular formula is C21H31N3O2S. The van der Waals surface area contributed by atoms with Gasteiger partial charge in [0.25, 0.3) is 0 Å². The highest BCUT2D eigenvalue weighted by molar-refractivity contribution is 7.81. The number of carbonyl (C=O) groups is 2. The minimum absolute atomic E-state index is 0.0224. The third-order valence-electron chi connectivity index (χ3n) is 4.92. The van der Waals surface area contributed by atoms with Crippen molar-refractivity contribution in [3.05, 3.63) is 36.0 Å². The summed E-state index contributed by atoms with van der Waals surface area (Å²) in [6.45, 7) is 6.22. The average Bonchev–Trinajstić information content (AvgIpc) is 3.07. The van der Waals surface area contributed by atoms with Crippen molar-refractivity contribution >= 4 is 35.3 Å². The Morgan fingerprint density at radius 3 is 2.52 bits per heavy atom. The number of amides is 2. The minimum atomic E-state index is -0.617. The maximum atomic E-state index is 13.0. The SMILES string of the molecule is CC[C@H](S)[C@@H](CC(C)C)C(=O)N[C@H](Cc1c[nH]c2ccccc12)C(=O)NC. The van der Waals surface area contributed by atoms with Crippen LogP contribution in [0.1, 0.15) is 39.2 Å². The van der Waals surface area contributed by atoms with Gasteiger partial charge in [-0.2, -0.15) is 12.6 Å². The van der Waals surface area contributed by atoms with Gasteiger partial charge in [-0.25, -0.2) is 0 Å². The van der Waals surface area contributed by atoms with E-state index >= 15 is 0 Å². The molecule has 0 aliphatic carbocycles. The van der Waals surface area contributed by atoms with Crippen LogP contribution in [0.4, 0.5) is 0 Å². The minimum Gasteiger partial charge on any atom is -0.361 e. The first-order chi connectivity index (χ1) is 12.9. The lowest BCUT2D eigenvalue weighted by molar-refractivity contribution is -0.131. The lowest BCUT2D eigenvalue weighted by atomic mass is 9.91. The Labute approximate surface area is 167 Å². The largest absolute Gasteiger partial charge is 0.361 e. The van der Waals surface area contributed by atoms with Gasteiger partial charge in [-0.15, -0.1) is 0 Å². The number of thiol groups is 1. The third kappa shape index (κ3) is 5.51. The van der Waals surface area contributed by atoms with Crippen LogP contribution >= 0.6 is 12.6 Å². The van der Waals surface area contributed by atoms with Gasteiger partial charge in [0.15, 0.2) is 0 Å². The highest BCUT2D eigenvalue weighted by atomic mass is 32.1. The van der Waals surface area contributed by atoms with Gasteiger partial charge in [0.1, 0.15) is 6.04 Å². The zero-order valence-corrected chi connectivity index (χ0v) is 17.5. The highest BCUT2D eigenvalue weighted by Gasteiger charge is 2.29. The molecule has 5 nitrogen and oxygen atoms in total. The number of H-pyrrole nitrogens is 1. The molecule has 2 amide bonds. The molecule has 0 spiro atoms. The maximum Gasteiger partial charge on any atom is 0.242 e. The number of hydrogen-bond donors (Lipinski definition) is 4. The Morgan fingerprint density at radius 1 is 1.19 bits per heavy atom. The summed E-state index contributed by atoms with van der Waals surface area (Å²) < 4.78 is 0. The van der Waals surface area contributed by atoms with E-state index in [2.05, 4.69) is 42.1 Å². The van der Waals surface area contributed by atoms with Crippen LogP contribution in [0.25, 0.3) is 10.9 Å². The fourth-order valence-electron chi connectivity index (χ4n) is 3.41. The second-order valence-electron chi connectivity index (χ2n) is 7.45. The van der Waals surface area contributed by atoms with Crippen molar-refractivity contribution in [2.45, 2.75) is 51.3 Å². The van der Waals surface area contributed by atoms with Crippen molar-refractivity contribution < 1.29 is 9.59 Å². The molecule has 0 unspecified atom stereocenters. The number of carbonyl (C=O) groups excluding carboxylic acids is 2. The molecule has 6 heteroatoms. The monoisotopic (exact) mass is 389 g/mol. The zero-order valence-electron chi connectivity index (χ0n) is 16.6. The van der Waals surface area contributed by atoms with Crippen LogP contribution in [0, 0.1) is 11.8 Å². The van der Waals surface area contributed by atoms with Gasteiger partial charge in [0.2, 0.25) is 11.8 Å². The first kappa shape index (κ1) is 21.4. The molecule has 3 N–H and O–H groups in total. The van der Waals surface area contributed by atoms with Crippen molar-refractivity contribution in [3.8, 4) is 0 Å². The van der Waals surface area contributed by atoms with Crippen LogP contribution in [0.15, 0.2) is 30.5 Å². The van der Waals surface area contributed by atoms with Gasteiger partial charge in [0, 0.05) is 41.7 Å². The Balaban J connectivity index is 2.20. The van der Waals surface area contributed by atoms with E-state index in [0.29, 0.717) is 12.3 Å². The summed E-state index contributed by atoms with van der Waals surface area (Å²) in [5, 5.41) is 6.70. The quantitative estimate of drug-likeness (QED) is 0.497. The lowest BCUT2D eigenvalue weighted by Gasteiger charge is -2.26. The molecule has 0 fully saturated rings. The number of aromatic nitrogens is 1. The van der Waals surface area contributed by atoms with Crippen molar-refractivity contribution in [1.29, 1.82) is 0 Å². The molecule has 2 aromatic rings. The molecule has 2 rings (SSSR count). The summed E-state index contributed by atoms with van der Waals surface area (Å²) in [5.41, 5.74) is 2.03. The lowest BCUT2D eigenvalue weighted by Crippen LogP contribution is -2.50. The number of hydrogen-bond acceptors (Lipinski definition) is 3. The fourth-order valence-corrected chi connectivity index (χ4v) is 3.67. The van der Waals surface area contributed by atoms with Crippen LogP contribution in [-0.4, -0.2) is 35.1 Å². The normalized spacial score (nSPS) is 14.7. The van der Waals surface area contributed by atoms with Gasteiger partial charge < -0.3 is 15.6 Å². The molecule has 148 valence electrons. The smallest absolute Gasteiger partial charge is 0.242 e. The molecule has 1 aromatic carbocycles. The van der Waals surface area contributed by atoms with Crippen LogP contribution < -0.4 is 10.6 Å². The molecule has 1 aromatic heterocycles. The predicted octanol–water partition coefficient (Wildman–Crippen LogP) is 3.31. The molecule has 0 radical (unpaired) electrons. The molecular weight excluding hydrogens is 358 g/mol. The van der Waals surface area contributed by atoms with Crippen molar-refractivity contribution in [1.82, 2.24) is 15.6 Å². The van der Waals surface area contributed by atoms with Crippen LogP contribution in [0.3, 0.4) is 0 Å². The first-order valence-electron chi connectivity index (χ1n) is 9.62. The second-order valence-corrected chi connectivity index (χ2v) is 8.11. The van der Waals surface area contributed by atoms with Gasteiger partial charge in [-0.05, 0) is 30.4 Å². The number of aromatic amines is 1. The molecule has 3 atom stereocenters. The molecule has 0 bridgehead atoms. The van der Waals surface area contributed by atoms with Crippen molar-refractivity contribution in [3.63, 3.8) is 0 Å². The van der Waals surface area contributed by atoms with E-state index in [1.54, 1.807) is 7.05 Å². The Kier molecular flexibility index (Phi) is 7.78. The summed E-state index contributed by atoms with van der Waals surface area (Å²) >= 11 is 4.61. The van der Waals surface area contributed by atoms with Gasteiger partial charge in [-0.1, -0.05) is 39.0 Å². The summed E-state index contributed by atoms with van der Waals surface area (Å²) in [6, 6.07) is 7.34. The average molecular weight is 390 g/mol. The van der Waals surface area contributed by atoms with Crippen LogP contribution in [0.5, 0.6) is 0 Å². The Morgan fingerprint density at radius 2 is 1.89 bits per heavy atom. The number of rotatable bonds is 9. The molecule has 0 aliphatic rings. The molecule has 1 heterocycles. The number of benzene rings is 1. The maximum absolute atomic E-state index is 13.0. The van der Waals surface area contributed by atoms with Crippen LogP contribution in [0.2, 0.25) is 0 Å². The summed E-state index contributed by atoms with van der Waals surface area (Å²) in [4.78, 5) is 28.6. The van der Waals surface area contributed by atoms with Gasteiger partial charge in [0.05, 0.1) is 0 Å². The molecule has 0 aliphatic heterocycles. The van der Waals surface area contributed by atoms with Crippen molar-refractivity contribution in [2.75, 3.05) is 7.05 Å². The van der Waals surface area contributed by atoms with Gasteiger partial charge >= 0.3 is 0 Å². The van der Waals surface area contributed by atoms with E-state index in [9.17, 15) is 9.59 Å². The van der Waals surface area contributed by atoms with E-state index in [1.165, 1.54) is 0 Å². The first-order valence-corrected chi connectivity index (χ1v) is 10.1. The van der Waals surface area contributed by atoms with Gasteiger partial charge in [-0.3, -0.25) is 9.59 Å². The number of nitrogens with one attached hydrogen (secondary N) is 3. The summed E-state index contributed by atoms with van der Waals surface area (Å²) in [6.07, 6.45) is 3.90. The zero-order chi connectivity index (χ0) is 20.0.